The van der Waals surface area contributed by atoms with Crippen LogP contribution in [0.5, 0.6) is 0 Å². The molecule has 0 aromatic heterocycles. The summed E-state index contributed by atoms with van der Waals surface area (Å²) in [5, 5.41) is 0. The average Bonchev–Trinajstić information content (AvgIpc) is 3.25. The SMILES string of the molecule is O=C(c1cc(S)ccc1F)N(CC1CC1)CC1CC1. The monoisotopic (exact) mass is 279 g/mol. The minimum absolute atomic E-state index is 0.161. The predicted molar refractivity (Wildman–Crippen MR) is 75.0 cm³/mol. The third kappa shape index (κ3) is 3.30. The lowest BCUT2D eigenvalue weighted by Crippen LogP contribution is -2.35. The van der Waals surface area contributed by atoms with Crippen LogP contribution in [-0.4, -0.2) is 23.9 Å². The van der Waals surface area contributed by atoms with Gasteiger partial charge in [0.2, 0.25) is 0 Å². The highest BCUT2D eigenvalue weighted by atomic mass is 32.1. The molecule has 0 spiro atoms. The molecule has 3 rings (SSSR count). The third-order valence-electron chi connectivity index (χ3n) is 3.82. The number of halogens is 1. The van der Waals surface area contributed by atoms with Gasteiger partial charge in [0, 0.05) is 18.0 Å². The topological polar surface area (TPSA) is 20.3 Å². The van der Waals surface area contributed by atoms with Crippen LogP contribution in [0.25, 0.3) is 0 Å². The number of carbonyl (C=O) groups excluding carboxylic acids is 1. The Morgan fingerprint density at radius 1 is 1.21 bits per heavy atom. The Morgan fingerprint density at radius 2 is 1.79 bits per heavy atom. The summed E-state index contributed by atoms with van der Waals surface area (Å²) in [7, 11) is 0. The number of rotatable bonds is 5. The van der Waals surface area contributed by atoms with Crippen LogP contribution >= 0.6 is 12.6 Å². The number of nitrogens with zero attached hydrogens (tertiary/aromatic N) is 1. The highest BCUT2D eigenvalue weighted by molar-refractivity contribution is 7.80. The van der Waals surface area contributed by atoms with Crippen molar-refractivity contribution in [1.29, 1.82) is 0 Å². The van der Waals surface area contributed by atoms with Crippen LogP contribution < -0.4 is 0 Å². The maximum atomic E-state index is 13.8. The first-order chi connectivity index (χ1) is 9.13. The van der Waals surface area contributed by atoms with Gasteiger partial charge in [-0.25, -0.2) is 4.39 Å². The normalized spacial score (nSPS) is 18.4. The van der Waals surface area contributed by atoms with Gasteiger partial charge in [-0.3, -0.25) is 4.79 Å². The summed E-state index contributed by atoms with van der Waals surface area (Å²) in [4.78, 5) is 15.0. The van der Waals surface area contributed by atoms with E-state index in [9.17, 15) is 9.18 Å². The molecule has 0 saturated heterocycles. The lowest BCUT2D eigenvalue weighted by Gasteiger charge is -2.23. The summed E-state index contributed by atoms with van der Waals surface area (Å²) in [6, 6.07) is 4.43. The number of benzene rings is 1. The summed E-state index contributed by atoms with van der Waals surface area (Å²) in [6.07, 6.45) is 4.79. The van der Waals surface area contributed by atoms with Crippen molar-refractivity contribution in [3.8, 4) is 0 Å². The van der Waals surface area contributed by atoms with Crippen molar-refractivity contribution >= 4 is 18.5 Å². The Kier molecular flexibility index (Phi) is 3.52. The van der Waals surface area contributed by atoms with Crippen LogP contribution in [0.4, 0.5) is 4.39 Å². The van der Waals surface area contributed by atoms with E-state index in [0.29, 0.717) is 16.7 Å². The van der Waals surface area contributed by atoms with Crippen LogP contribution in [0.1, 0.15) is 36.0 Å². The number of carbonyl (C=O) groups is 1. The summed E-state index contributed by atoms with van der Waals surface area (Å²) in [6.45, 7) is 1.57. The second kappa shape index (κ2) is 5.16. The summed E-state index contributed by atoms with van der Waals surface area (Å²) in [5.41, 5.74) is 0.161. The first-order valence-corrected chi connectivity index (χ1v) is 7.36. The number of thiol groups is 1. The van der Waals surface area contributed by atoms with E-state index in [1.165, 1.54) is 37.8 Å². The van der Waals surface area contributed by atoms with Gasteiger partial charge < -0.3 is 4.90 Å². The predicted octanol–water partition coefficient (Wildman–Crippen LogP) is 3.38. The smallest absolute Gasteiger partial charge is 0.256 e. The second-order valence-electron chi connectivity index (χ2n) is 5.76. The summed E-state index contributed by atoms with van der Waals surface area (Å²) in [5.74, 6) is 0.640. The van der Waals surface area contributed by atoms with Crippen LogP contribution in [0, 0.1) is 17.7 Å². The molecule has 1 aromatic rings. The van der Waals surface area contributed by atoms with E-state index in [1.54, 1.807) is 6.07 Å². The average molecular weight is 279 g/mol. The van der Waals surface area contributed by atoms with Gasteiger partial charge in [-0.15, -0.1) is 12.6 Å². The van der Waals surface area contributed by atoms with Crippen molar-refractivity contribution in [2.24, 2.45) is 11.8 Å². The van der Waals surface area contributed by atoms with Crippen molar-refractivity contribution in [3.63, 3.8) is 0 Å². The maximum absolute atomic E-state index is 13.8. The minimum atomic E-state index is -0.445. The Balaban J connectivity index is 1.78. The Morgan fingerprint density at radius 3 is 2.32 bits per heavy atom. The number of hydrogen-bond acceptors (Lipinski definition) is 2. The van der Waals surface area contributed by atoms with Gasteiger partial charge >= 0.3 is 0 Å². The van der Waals surface area contributed by atoms with Crippen molar-refractivity contribution in [2.45, 2.75) is 30.6 Å². The second-order valence-corrected chi connectivity index (χ2v) is 6.28. The molecule has 0 N–H and O–H groups in total. The van der Waals surface area contributed by atoms with Gasteiger partial charge in [0.1, 0.15) is 5.82 Å². The highest BCUT2D eigenvalue weighted by Crippen LogP contribution is 2.34. The molecular formula is C15H18FNOS. The molecule has 2 nitrogen and oxygen atoms in total. The zero-order chi connectivity index (χ0) is 13.4. The molecule has 0 aliphatic heterocycles. The van der Waals surface area contributed by atoms with E-state index in [0.717, 1.165) is 13.1 Å². The van der Waals surface area contributed by atoms with Crippen molar-refractivity contribution in [3.05, 3.63) is 29.6 Å². The van der Waals surface area contributed by atoms with E-state index in [1.807, 2.05) is 4.90 Å². The van der Waals surface area contributed by atoms with E-state index in [2.05, 4.69) is 12.6 Å². The van der Waals surface area contributed by atoms with Crippen LogP contribution in [-0.2, 0) is 0 Å². The highest BCUT2D eigenvalue weighted by Gasteiger charge is 2.32. The molecule has 1 amide bonds. The first-order valence-electron chi connectivity index (χ1n) is 6.91. The number of amides is 1. The van der Waals surface area contributed by atoms with Gasteiger partial charge in [0.15, 0.2) is 0 Å². The Bertz CT molecular complexity index is 483. The molecule has 2 saturated carbocycles. The van der Waals surface area contributed by atoms with E-state index in [4.69, 9.17) is 0 Å². The van der Waals surface area contributed by atoms with Crippen LogP contribution in [0.2, 0.25) is 0 Å². The summed E-state index contributed by atoms with van der Waals surface area (Å²) >= 11 is 4.19. The van der Waals surface area contributed by atoms with E-state index < -0.39 is 5.82 Å². The number of hydrogen-bond donors (Lipinski definition) is 1. The molecule has 1 aromatic carbocycles. The lowest BCUT2D eigenvalue weighted by atomic mass is 10.1. The molecule has 102 valence electrons. The van der Waals surface area contributed by atoms with Crippen LogP contribution in [0.3, 0.4) is 0 Å². The molecule has 0 radical (unpaired) electrons. The zero-order valence-electron chi connectivity index (χ0n) is 10.8. The maximum Gasteiger partial charge on any atom is 0.256 e. The minimum Gasteiger partial charge on any atom is -0.338 e. The van der Waals surface area contributed by atoms with Gasteiger partial charge in [0.25, 0.3) is 5.91 Å². The van der Waals surface area contributed by atoms with Gasteiger partial charge in [0.05, 0.1) is 5.56 Å². The Hall–Kier alpha value is -1.03. The van der Waals surface area contributed by atoms with Crippen molar-refractivity contribution < 1.29 is 9.18 Å². The molecule has 2 aliphatic rings. The third-order valence-corrected chi connectivity index (χ3v) is 4.10. The molecule has 0 unspecified atom stereocenters. The Labute approximate surface area is 118 Å². The fourth-order valence-corrected chi connectivity index (χ4v) is 2.52. The largest absolute Gasteiger partial charge is 0.338 e. The van der Waals surface area contributed by atoms with Crippen LogP contribution in [0.15, 0.2) is 23.1 Å². The fourth-order valence-electron chi connectivity index (χ4n) is 2.31. The molecule has 4 heteroatoms. The van der Waals surface area contributed by atoms with Gasteiger partial charge in [-0.2, -0.15) is 0 Å². The standard InChI is InChI=1S/C15H18FNOS/c16-14-6-5-12(19)7-13(14)15(18)17(8-10-1-2-10)9-11-3-4-11/h5-7,10-11,19H,1-4,8-9H2. The zero-order valence-corrected chi connectivity index (χ0v) is 11.7. The molecule has 0 atom stereocenters. The van der Waals surface area contributed by atoms with Crippen molar-refractivity contribution in [2.75, 3.05) is 13.1 Å². The molecule has 2 fully saturated rings. The fraction of sp³-hybridized carbons (Fsp3) is 0.533. The first kappa shape index (κ1) is 13.0. The lowest BCUT2D eigenvalue weighted by molar-refractivity contribution is 0.0734. The van der Waals surface area contributed by atoms with E-state index >= 15 is 0 Å². The molecule has 19 heavy (non-hydrogen) atoms. The van der Waals surface area contributed by atoms with E-state index in [-0.39, 0.29) is 11.5 Å². The molecule has 0 bridgehead atoms. The summed E-state index contributed by atoms with van der Waals surface area (Å²) < 4.78 is 13.8. The van der Waals surface area contributed by atoms with Gasteiger partial charge in [-0.05, 0) is 55.7 Å². The quantitative estimate of drug-likeness (QED) is 0.819. The van der Waals surface area contributed by atoms with Gasteiger partial charge in [-0.1, -0.05) is 0 Å². The molecule has 2 aliphatic carbocycles. The molecule has 0 heterocycles. The molecular weight excluding hydrogens is 261 g/mol. The van der Waals surface area contributed by atoms with Crippen molar-refractivity contribution in [1.82, 2.24) is 4.90 Å².